The van der Waals surface area contributed by atoms with Crippen LogP contribution in [0.5, 0.6) is 0 Å². The molecule has 1 rings (SSSR count). The molecule has 1 unspecified atom stereocenters. The molecule has 0 aromatic heterocycles. The zero-order chi connectivity index (χ0) is 11.5. The third kappa shape index (κ3) is 3.80. The molecule has 0 aromatic carbocycles. The van der Waals surface area contributed by atoms with E-state index in [9.17, 15) is 9.90 Å². The van der Waals surface area contributed by atoms with E-state index in [0.717, 1.165) is 18.8 Å². The zero-order valence-corrected chi connectivity index (χ0v) is 9.49. The van der Waals surface area contributed by atoms with Crippen LogP contribution in [0.3, 0.4) is 0 Å². The highest BCUT2D eigenvalue weighted by Gasteiger charge is 2.30. The number of hydrogen-bond donors (Lipinski definition) is 3. The molecule has 0 aliphatic heterocycles. The van der Waals surface area contributed by atoms with E-state index in [2.05, 4.69) is 12.2 Å². The molecule has 0 radical (unpaired) electrons. The standard InChI is InChI=1S/C11H21NO3/c1-8-3-5-9(6-4-8)12-7-11(2,15)10(13)14/h8-9,12,15H,3-7H2,1-2H3,(H,13,14). The Hall–Kier alpha value is -0.610. The van der Waals surface area contributed by atoms with Crippen LogP contribution < -0.4 is 5.32 Å². The minimum atomic E-state index is -1.65. The molecule has 88 valence electrons. The molecular weight excluding hydrogens is 194 g/mol. The second-order valence-electron chi connectivity index (χ2n) is 4.92. The number of aliphatic hydroxyl groups is 1. The van der Waals surface area contributed by atoms with Crippen LogP contribution in [0.25, 0.3) is 0 Å². The largest absolute Gasteiger partial charge is 0.479 e. The van der Waals surface area contributed by atoms with E-state index in [0.29, 0.717) is 6.04 Å². The van der Waals surface area contributed by atoms with Crippen molar-refractivity contribution >= 4 is 5.97 Å². The Kier molecular flexibility index (Phi) is 4.11. The van der Waals surface area contributed by atoms with E-state index in [1.807, 2.05) is 0 Å². The van der Waals surface area contributed by atoms with E-state index < -0.39 is 11.6 Å². The highest BCUT2D eigenvalue weighted by Crippen LogP contribution is 2.23. The summed E-state index contributed by atoms with van der Waals surface area (Å²) in [4.78, 5) is 10.7. The second-order valence-corrected chi connectivity index (χ2v) is 4.92. The molecule has 1 atom stereocenters. The molecular formula is C11H21NO3. The van der Waals surface area contributed by atoms with Crippen LogP contribution in [-0.4, -0.2) is 34.4 Å². The van der Waals surface area contributed by atoms with E-state index in [4.69, 9.17) is 5.11 Å². The van der Waals surface area contributed by atoms with Gasteiger partial charge in [-0.1, -0.05) is 6.92 Å². The van der Waals surface area contributed by atoms with Gasteiger partial charge in [0.05, 0.1) is 0 Å². The van der Waals surface area contributed by atoms with Gasteiger partial charge in [0.2, 0.25) is 0 Å². The van der Waals surface area contributed by atoms with E-state index in [1.54, 1.807) is 0 Å². The summed E-state index contributed by atoms with van der Waals surface area (Å²) >= 11 is 0. The smallest absolute Gasteiger partial charge is 0.336 e. The van der Waals surface area contributed by atoms with Crippen molar-refractivity contribution in [2.75, 3.05) is 6.54 Å². The molecule has 0 aromatic rings. The third-order valence-corrected chi connectivity index (χ3v) is 3.21. The average Bonchev–Trinajstić information content (AvgIpc) is 2.17. The van der Waals surface area contributed by atoms with Crippen molar-refractivity contribution in [3.63, 3.8) is 0 Å². The number of aliphatic carboxylic acids is 1. The van der Waals surface area contributed by atoms with Crippen LogP contribution >= 0.6 is 0 Å². The van der Waals surface area contributed by atoms with Gasteiger partial charge >= 0.3 is 5.97 Å². The lowest BCUT2D eigenvalue weighted by Gasteiger charge is -2.29. The Labute approximate surface area is 90.7 Å². The summed E-state index contributed by atoms with van der Waals surface area (Å²) in [6.45, 7) is 3.69. The Balaban J connectivity index is 2.28. The summed E-state index contributed by atoms with van der Waals surface area (Å²) in [5.41, 5.74) is -1.65. The van der Waals surface area contributed by atoms with Crippen LogP contribution in [0.4, 0.5) is 0 Å². The number of nitrogens with one attached hydrogen (secondary N) is 1. The van der Waals surface area contributed by atoms with Crippen LogP contribution in [-0.2, 0) is 4.79 Å². The lowest BCUT2D eigenvalue weighted by molar-refractivity contribution is -0.156. The SMILES string of the molecule is CC1CCC(NCC(C)(O)C(=O)O)CC1. The van der Waals surface area contributed by atoms with Crippen molar-refractivity contribution in [1.82, 2.24) is 5.32 Å². The fourth-order valence-corrected chi connectivity index (χ4v) is 1.88. The lowest BCUT2D eigenvalue weighted by Crippen LogP contribution is -2.48. The molecule has 15 heavy (non-hydrogen) atoms. The fraction of sp³-hybridized carbons (Fsp3) is 0.909. The van der Waals surface area contributed by atoms with Gasteiger partial charge in [0.1, 0.15) is 0 Å². The van der Waals surface area contributed by atoms with Crippen LogP contribution in [0.1, 0.15) is 39.5 Å². The Bertz CT molecular complexity index is 220. The highest BCUT2D eigenvalue weighted by atomic mass is 16.4. The van der Waals surface area contributed by atoms with Gasteiger partial charge in [0.15, 0.2) is 5.60 Å². The summed E-state index contributed by atoms with van der Waals surface area (Å²) in [5.74, 6) is -0.387. The lowest BCUT2D eigenvalue weighted by atomic mass is 9.87. The molecule has 0 heterocycles. The molecule has 0 saturated heterocycles. The summed E-state index contributed by atoms with van der Waals surface area (Å²) in [7, 11) is 0. The summed E-state index contributed by atoms with van der Waals surface area (Å²) in [6.07, 6.45) is 4.54. The van der Waals surface area contributed by atoms with Crippen molar-refractivity contribution in [3.8, 4) is 0 Å². The maximum absolute atomic E-state index is 10.7. The zero-order valence-electron chi connectivity index (χ0n) is 9.49. The first-order valence-electron chi connectivity index (χ1n) is 5.61. The van der Waals surface area contributed by atoms with Gasteiger partial charge in [-0.3, -0.25) is 0 Å². The number of carbonyl (C=O) groups is 1. The molecule has 0 amide bonds. The number of hydrogen-bond acceptors (Lipinski definition) is 3. The van der Waals surface area contributed by atoms with Crippen LogP contribution in [0.2, 0.25) is 0 Å². The van der Waals surface area contributed by atoms with Crippen LogP contribution in [0, 0.1) is 5.92 Å². The fourth-order valence-electron chi connectivity index (χ4n) is 1.88. The first-order chi connectivity index (χ1) is 6.92. The van der Waals surface area contributed by atoms with Gasteiger partial charge in [-0.05, 0) is 38.5 Å². The minimum Gasteiger partial charge on any atom is -0.479 e. The van der Waals surface area contributed by atoms with Gasteiger partial charge in [0, 0.05) is 12.6 Å². The number of carboxylic acid groups (broad SMARTS) is 1. The first-order valence-corrected chi connectivity index (χ1v) is 5.61. The molecule has 4 heteroatoms. The van der Waals surface area contributed by atoms with Crippen molar-refractivity contribution in [1.29, 1.82) is 0 Å². The van der Waals surface area contributed by atoms with Crippen molar-refractivity contribution in [2.24, 2.45) is 5.92 Å². The predicted octanol–water partition coefficient (Wildman–Crippen LogP) is 0.990. The van der Waals surface area contributed by atoms with E-state index in [-0.39, 0.29) is 6.54 Å². The monoisotopic (exact) mass is 215 g/mol. The maximum Gasteiger partial charge on any atom is 0.336 e. The average molecular weight is 215 g/mol. The first kappa shape index (κ1) is 12.5. The Morgan fingerprint density at radius 1 is 1.40 bits per heavy atom. The Morgan fingerprint density at radius 2 is 1.93 bits per heavy atom. The molecule has 0 spiro atoms. The number of carboxylic acids is 1. The van der Waals surface area contributed by atoms with Gasteiger partial charge in [0.25, 0.3) is 0 Å². The molecule has 4 nitrogen and oxygen atoms in total. The van der Waals surface area contributed by atoms with Crippen molar-refractivity contribution in [3.05, 3.63) is 0 Å². The quantitative estimate of drug-likeness (QED) is 0.654. The highest BCUT2D eigenvalue weighted by molar-refractivity contribution is 5.76. The topological polar surface area (TPSA) is 69.6 Å². The molecule has 1 aliphatic rings. The second kappa shape index (κ2) is 4.94. The molecule has 0 bridgehead atoms. The van der Waals surface area contributed by atoms with Crippen LogP contribution in [0.15, 0.2) is 0 Å². The Morgan fingerprint density at radius 3 is 2.40 bits per heavy atom. The summed E-state index contributed by atoms with van der Waals surface area (Å²) < 4.78 is 0. The summed E-state index contributed by atoms with van der Waals surface area (Å²) in [5, 5.41) is 21.4. The van der Waals surface area contributed by atoms with Crippen molar-refractivity contribution in [2.45, 2.75) is 51.2 Å². The van der Waals surface area contributed by atoms with E-state index in [1.165, 1.54) is 19.8 Å². The van der Waals surface area contributed by atoms with E-state index >= 15 is 0 Å². The minimum absolute atomic E-state index is 0.126. The molecule has 1 aliphatic carbocycles. The summed E-state index contributed by atoms with van der Waals surface area (Å²) in [6, 6.07) is 0.368. The van der Waals surface area contributed by atoms with Gasteiger partial charge in [-0.15, -0.1) is 0 Å². The van der Waals surface area contributed by atoms with Gasteiger partial charge in [-0.25, -0.2) is 4.79 Å². The molecule has 1 saturated carbocycles. The molecule has 3 N–H and O–H groups in total. The van der Waals surface area contributed by atoms with Crippen molar-refractivity contribution < 1.29 is 15.0 Å². The van der Waals surface area contributed by atoms with Gasteiger partial charge < -0.3 is 15.5 Å². The maximum atomic E-state index is 10.7. The third-order valence-electron chi connectivity index (χ3n) is 3.21. The predicted molar refractivity (Wildman–Crippen MR) is 57.7 cm³/mol. The number of rotatable bonds is 4. The van der Waals surface area contributed by atoms with Gasteiger partial charge in [-0.2, -0.15) is 0 Å². The molecule has 1 fully saturated rings. The normalized spacial score (nSPS) is 30.9.